The third-order valence-electron chi connectivity index (χ3n) is 13.2. The highest BCUT2D eigenvalue weighted by Crippen LogP contribution is 2.64. The molecule has 264 valence electrons. The summed E-state index contributed by atoms with van der Waals surface area (Å²) in [4.78, 5) is 0. The lowest BCUT2D eigenvalue weighted by Gasteiger charge is -2.45. The minimum atomic E-state index is 0.0646. The molecule has 49 heavy (non-hydrogen) atoms. The molecule has 0 saturated heterocycles. The molecule has 2 aromatic rings. The maximum absolute atomic E-state index is 2.80. The third-order valence-corrected chi connectivity index (χ3v) is 13.2. The van der Waals surface area contributed by atoms with Crippen LogP contribution in [0, 0.1) is 51.8 Å². The van der Waals surface area contributed by atoms with Crippen LogP contribution in [0.4, 0.5) is 0 Å². The summed E-state index contributed by atoms with van der Waals surface area (Å²) < 4.78 is 0. The molecule has 0 aromatic heterocycles. The van der Waals surface area contributed by atoms with E-state index in [1.165, 1.54) is 70.2 Å². The van der Waals surface area contributed by atoms with E-state index in [0.717, 1.165) is 5.92 Å². The van der Waals surface area contributed by atoms with Crippen molar-refractivity contribution < 1.29 is 0 Å². The molecule has 0 spiro atoms. The standard InChI is InChI=1S/C49H68/c1-45(2,3)33-23-19-31(20-24-33)36-27-40-38(29-42(36)47(7,8)9)39-30-43(48(10,11)12)37(32-21-25-34(26-22-32)46(4,5)6)28-41(39)44(40)49(13,14)35-17-15-16-18-35/h19-30,35,38-41,44H,15-18H2,1-14H3. The predicted octanol–water partition coefficient (Wildman–Crippen LogP) is 14.0. The molecule has 6 rings (SSSR count). The highest BCUT2D eigenvalue weighted by molar-refractivity contribution is 5.84. The third kappa shape index (κ3) is 6.77. The Hall–Kier alpha value is -2.60. The number of fused-ring (bicyclic) bond motifs is 3. The molecule has 0 nitrogen and oxygen atoms in total. The van der Waals surface area contributed by atoms with Crippen LogP contribution in [0.15, 0.2) is 84.0 Å². The van der Waals surface area contributed by atoms with Gasteiger partial charge in [0.05, 0.1) is 0 Å². The number of hydrogen-bond acceptors (Lipinski definition) is 0. The molecule has 4 aliphatic rings. The summed E-state index contributed by atoms with van der Waals surface area (Å²) >= 11 is 0. The van der Waals surface area contributed by atoms with Crippen LogP contribution in [0.25, 0.3) is 11.1 Å². The van der Waals surface area contributed by atoms with Crippen LogP contribution >= 0.6 is 0 Å². The average molecular weight is 657 g/mol. The van der Waals surface area contributed by atoms with Crippen molar-refractivity contribution in [3.8, 4) is 0 Å². The van der Waals surface area contributed by atoms with Gasteiger partial charge in [-0.3, -0.25) is 0 Å². The maximum Gasteiger partial charge on any atom is -0.00919 e. The van der Waals surface area contributed by atoms with Crippen LogP contribution in [0.3, 0.4) is 0 Å². The van der Waals surface area contributed by atoms with Crippen LogP contribution in [-0.4, -0.2) is 0 Å². The van der Waals surface area contributed by atoms with E-state index >= 15 is 0 Å². The van der Waals surface area contributed by atoms with Crippen LogP contribution in [0.5, 0.6) is 0 Å². The fourth-order valence-corrected chi connectivity index (χ4v) is 10.3. The summed E-state index contributed by atoms with van der Waals surface area (Å²) in [5, 5.41) is 0. The summed E-state index contributed by atoms with van der Waals surface area (Å²) in [6, 6.07) is 19.2. The molecule has 0 amide bonds. The van der Waals surface area contributed by atoms with Gasteiger partial charge in [-0.15, -0.1) is 0 Å². The maximum atomic E-state index is 2.80. The van der Waals surface area contributed by atoms with Crippen LogP contribution in [0.1, 0.15) is 145 Å². The minimum absolute atomic E-state index is 0.0646. The molecule has 4 aliphatic carbocycles. The zero-order valence-corrected chi connectivity index (χ0v) is 33.7. The zero-order valence-electron chi connectivity index (χ0n) is 33.7. The van der Waals surface area contributed by atoms with Crippen molar-refractivity contribution in [1.29, 1.82) is 0 Å². The summed E-state index contributed by atoms with van der Waals surface area (Å²) in [6.07, 6.45) is 16.7. The Kier molecular flexibility index (Phi) is 9.07. The molecule has 0 heteroatoms. The SMILES string of the molecule is CC(C)(C)C1=CC2C3C=C(C(C)(C)C)C(c4ccc(C(C)(C)C)cc4)=CC3C(C(C)(C)C3CCCC3)C2C=C1c1ccc(C(C)(C)C)cc1. The first kappa shape index (κ1) is 36.2. The van der Waals surface area contributed by atoms with Gasteiger partial charge in [0.1, 0.15) is 0 Å². The van der Waals surface area contributed by atoms with Gasteiger partial charge in [0.15, 0.2) is 0 Å². The zero-order chi connectivity index (χ0) is 35.9. The van der Waals surface area contributed by atoms with Crippen molar-refractivity contribution in [2.24, 2.45) is 51.8 Å². The average Bonchev–Trinajstić information content (AvgIpc) is 3.65. The van der Waals surface area contributed by atoms with Crippen molar-refractivity contribution in [3.05, 3.63) is 106 Å². The summed E-state index contributed by atoms with van der Waals surface area (Å²) in [7, 11) is 0. The summed E-state index contributed by atoms with van der Waals surface area (Å²) in [6.45, 7) is 33.8. The highest BCUT2D eigenvalue weighted by atomic mass is 14.6. The van der Waals surface area contributed by atoms with Crippen molar-refractivity contribution >= 4 is 11.1 Å². The van der Waals surface area contributed by atoms with Gasteiger partial charge in [0.2, 0.25) is 0 Å². The van der Waals surface area contributed by atoms with E-state index in [4.69, 9.17) is 0 Å². The Bertz CT molecular complexity index is 1530. The molecule has 4 atom stereocenters. The lowest BCUT2D eigenvalue weighted by molar-refractivity contribution is 0.0751. The monoisotopic (exact) mass is 657 g/mol. The van der Waals surface area contributed by atoms with Gasteiger partial charge in [-0.2, -0.15) is 0 Å². The Morgan fingerprint density at radius 2 is 0.755 bits per heavy atom. The molecule has 2 aromatic carbocycles. The Balaban J connectivity index is 1.54. The predicted molar refractivity (Wildman–Crippen MR) is 215 cm³/mol. The van der Waals surface area contributed by atoms with Gasteiger partial charge in [0.25, 0.3) is 0 Å². The lowest BCUT2D eigenvalue weighted by atomic mass is 9.60. The van der Waals surface area contributed by atoms with Gasteiger partial charge < -0.3 is 0 Å². The first-order chi connectivity index (χ1) is 22.6. The van der Waals surface area contributed by atoms with Gasteiger partial charge in [-0.1, -0.05) is 183 Å². The fraction of sp³-hybridized carbons (Fsp3) is 0.592. The molecule has 4 unspecified atom stereocenters. The van der Waals surface area contributed by atoms with Gasteiger partial charge in [-0.25, -0.2) is 0 Å². The van der Waals surface area contributed by atoms with Gasteiger partial charge in [-0.05, 0) is 120 Å². The van der Waals surface area contributed by atoms with Gasteiger partial charge in [0, 0.05) is 0 Å². The number of rotatable bonds is 4. The van der Waals surface area contributed by atoms with E-state index in [9.17, 15) is 0 Å². The molecule has 0 aliphatic heterocycles. The molecule has 2 saturated carbocycles. The molecular formula is C49H68. The second-order valence-electron chi connectivity index (χ2n) is 21.1. The Labute approximate surface area is 301 Å². The van der Waals surface area contributed by atoms with E-state index in [1.54, 1.807) is 0 Å². The van der Waals surface area contributed by atoms with Crippen LogP contribution in [0.2, 0.25) is 0 Å². The summed E-state index contributed by atoms with van der Waals surface area (Å²) in [5.41, 5.74) is 12.3. The fourth-order valence-electron chi connectivity index (χ4n) is 10.3. The second-order valence-corrected chi connectivity index (χ2v) is 21.1. The quantitative estimate of drug-likeness (QED) is 0.307. The van der Waals surface area contributed by atoms with Crippen LogP contribution in [-0.2, 0) is 10.8 Å². The first-order valence-corrected chi connectivity index (χ1v) is 19.7. The number of benzene rings is 2. The lowest BCUT2D eigenvalue weighted by Crippen LogP contribution is -2.38. The van der Waals surface area contributed by atoms with Gasteiger partial charge >= 0.3 is 0 Å². The van der Waals surface area contributed by atoms with E-state index in [2.05, 4.69) is 170 Å². The van der Waals surface area contributed by atoms with E-state index < -0.39 is 0 Å². The first-order valence-electron chi connectivity index (χ1n) is 19.7. The molecular weight excluding hydrogens is 589 g/mol. The molecule has 2 fully saturated rings. The normalized spacial score (nSPS) is 26.9. The van der Waals surface area contributed by atoms with Crippen LogP contribution < -0.4 is 0 Å². The van der Waals surface area contributed by atoms with Crippen molar-refractivity contribution in [2.75, 3.05) is 0 Å². The topological polar surface area (TPSA) is 0 Å². The molecule has 0 heterocycles. The number of allylic oxidation sites excluding steroid dienone is 8. The number of hydrogen-bond donors (Lipinski definition) is 0. The summed E-state index contributed by atoms with van der Waals surface area (Å²) in [5.74, 6) is 3.45. The molecule has 0 radical (unpaired) electrons. The van der Waals surface area contributed by atoms with E-state index in [-0.39, 0.29) is 27.1 Å². The molecule has 0 N–H and O–H groups in total. The minimum Gasteiger partial charge on any atom is -0.0758 e. The van der Waals surface area contributed by atoms with Crippen molar-refractivity contribution in [1.82, 2.24) is 0 Å². The Morgan fingerprint density at radius 1 is 0.408 bits per heavy atom. The van der Waals surface area contributed by atoms with E-state index in [1.807, 2.05) is 0 Å². The van der Waals surface area contributed by atoms with Crippen molar-refractivity contribution in [3.63, 3.8) is 0 Å². The van der Waals surface area contributed by atoms with E-state index in [0.29, 0.717) is 29.6 Å². The largest absolute Gasteiger partial charge is 0.0758 e. The smallest absolute Gasteiger partial charge is 0.00919 e. The Morgan fingerprint density at radius 3 is 1.06 bits per heavy atom. The van der Waals surface area contributed by atoms with Crippen molar-refractivity contribution in [2.45, 2.75) is 133 Å². The second kappa shape index (κ2) is 12.3. The highest BCUT2D eigenvalue weighted by Gasteiger charge is 2.57. The molecule has 0 bridgehead atoms.